The van der Waals surface area contributed by atoms with E-state index >= 15 is 0 Å². The molecule has 0 aromatic heterocycles. The molecule has 1 rings (SSSR count). The van der Waals surface area contributed by atoms with E-state index in [-0.39, 0.29) is 30.5 Å². The minimum absolute atomic E-state index is 0.0175. The Morgan fingerprint density at radius 3 is 2.52 bits per heavy atom. The van der Waals surface area contributed by atoms with E-state index in [0.717, 1.165) is 19.3 Å². The largest absolute Gasteiger partial charge is 0.481 e. The number of hydrogen-bond donors (Lipinski definition) is 2. The lowest BCUT2D eigenvalue weighted by molar-refractivity contribution is -0.146. The predicted octanol–water partition coefficient (Wildman–Crippen LogP) is 1.09. The van der Waals surface area contributed by atoms with Crippen LogP contribution in [0.5, 0.6) is 0 Å². The van der Waals surface area contributed by atoms with E-state index in [4.69, 9.17) is 10.5 Å². The highest BCUT2D eigenvalue weighted by atomic mass is 16.5. The van der Waals surface area contributed by atoms with Gasteiger partial charge < -0.3 is 20.5 Å². The Morgan fingerprint density at radius 2 is 2.00 bits per heavy atom. The van der Waals surface area contributed by atoms with Gasteiger partial charge in [-0.3, -0.25) is 9.59 Å². The SMILES string of the molecule is CCN(C(=O)C(C)CCCC(C)N)C1COCC1C(=O)O. The molecular weight excluding hydrogens is 272 g/mol. The summed E-state index contributed by atoms with van der Waals surface area (Å²) in [6.07, 6.45) is 2.59. The number of likely N-dealkylation sites (N-methyl/N-ethyl adjacent to an activating group) is 1. The topological polar surface area (TPSA) is 92.9 Å². The second-order valence-electron chi connectivity index (χ2n) is 5.98. The molecule has 0 spiro atoms. The van der Waals surface area contributed by atoms with Gasteiger partial charge in [-0.25, -0.2) is 0 Å². The van der Waals surface area contributed by atoms with Crippen LogP contribution in [0.4, 0.5) is 0 Å². The number of amides is 1. The molecule has 6 heteroatoms. The molecule has 21 heavy (non-hydrogen) atoms. The molecule has 1 aliphatic rings. The standard InChI is InChI=1S/C15H28N2O4/c1-4-17(13-9-21-8-12(13)15(19)20)14(18)10(2)6-5-7-11(3)16/h10-13H,4-9,16H2,1-3H3,(H,19,20). The van der Waals surface area contributed by atoms with E-state index in [0.29, 0.717) is 13.2 Å². The highest BCUT2D eigenvalue weighted by Crippen LogP contribution is 2.23. The third-order valence-electron chi connectivity index (χ3n) is 4.11. The van der Waals surface area contributed by atoms with E-state index in [1.54, 1.807) is 4.90 Å². The van der Waals surface area contributed by atoms with Gasteiger partial charge in [0.15, 0.2) is 0 Å². The van der Waals surface area contributed by atoms with Crippen molar-refractivity contribution in [2.45, 2.75) is 52.1 Å². The van der Waals surface area contributed by atoms with Crippen LogP contribution in [-0.4, -0.2) is 53.7 Å². The number of carboxylic acids is 1. The van der Waals surface area contributed by atoms with E-state index in [9.17, 15) is 14.7 Å². The first-order chi connectivity index (χ1) is 9.88. The quantitative estimate of drug-likeness (QED) is 0.700. The lowest BCUT2D eigenvalue weighted by Gasteiger charge is -2.31. The molecular formula is C15H28N2O4. The van der Waals surface area contributed by atoms with Gasteiger partial charge in [-0.15, -0.1) is 0 Å². The van der Waals surface area contributed by atoms with Crippen molar-refractivity contribution in [3.8, 4) is 0 Å². The third kappa shape index (κ3) is 4.97. The maximum atomic E-state index is 12.6. The van der Waals surface area contributed by atoms with Gasteiger partial charge in [0.2, 0.25) is 5.91 Å². The van der Waals surface area contributed by atoms with Crippen molar-refractivity contribution in [1.82, 2.24) is 4.90 Å². The van der Waals surface area contributed by atoms with Gasteiger partial charge in [0, 0.05) is 18.5 Å². The van der Waals surface area contributed by atoms with E-state index < -0.39 is 11.9 Å². The van der Waals surface area contributed by atoms with Crippen LogP contribution >= 0.6 is 0 Å². The smallest absolute Gasteiger partial charge is 0.311 e. The molecule has 3 N–H and O–H groups in total. The van der Waals surface area contributed by atoms with E-state index in [2.05, 4.69) is 0 Å². The number of carbonyl (C=O) groups excluding carboxylic acids is 1. The number of carbonyl (C=O) groups is 2. The average Bonchev–Trinajstić information content (AvgIpc) is 2.88. The van der Waals surface area contributed by atoms with Crippen LogP contribution in [0.2, 0.25) is 0 Å². The number of rotatable bonds is 8. The van der Waals surface area contributed by atoms with Gasteiger partial charge in [-0.2, -0.15) is 0 Å². The first-order valence-electron chi connectivity index (χ1n) is 7.75. The molecule has 4 atom stereocenters. The molecule has 6 nitrogen and oxygen atoms in total. The number of ether oxygens (including phenoxy) is 1. The van der Waals surface area contributed by atoms with Crippen molar-refractivity contribution in [2.75, 3.05) is 19.8 Å². The lowest BCUT2D eigenvalue weighted by atomic mass is 9.97. The Kier molecular flexibility index (Phi) is 7.11. The van der Waals surface area contributed by atoms with Crippen molar-refractivity contribution in [2.24, 2.45) is 17.6 Å². The first kappa shape index (κ1) is 17.9. The van der Waals surface area contributed by atoms with Crippen LogP contribution in [0, 0.1) is 11.8 Å². The summed E-state index contributed by atoms with van der Waals surface area (Å²) in [7, 11) is 0. The fourth-order valence-corrected chi connectivity index (χ4v) is 2.79. The van der Waals surface area contributed by atoms with E-state index in [1.807, 2.05) is 20.8 Å². The van der Waals surface area contributed by atoms with E-state index in [1.165, 1.54) is 0 Å². The van der Waals surface area contributed by atoms with Gasteiger partial charge >= 0.3 is 5.97 Å². The van der Waals surface area contributed by atoms with Crippen LogP contribution in [0.15, 0.2) is 0 Å². The summed E-state index contributed by atoms with van der Waals surface area (Å²) >= 11 is 0. The minimum Gasteiger partial charge on any atom is -0.481 e. The summed E-state index contributed by atoms with van der Waals surface area (Å²) in [6.45, 7) is 6.74. The summed E-state index contributed by atoms with van der Waals surface area (Å²) in [5.41, 5.74) is 5.71. The normalized spacial score (nSPS) is 24.6. The van der Waals surface area contributed by atoms with Crippen molar-refractivity contribution >= 4 is 11.9 Å². The van der Waals surface area contributed by atoms with Gasteiger partial charge in [0.1, 0.15) is 5.92 Å². The second kappa shape index (κ2) is 8.34. The molecule has 1 heterocycles. The Hall–Kier alpha value is -1.14. The zero-order chi connectivity index (χ0) is 16.0. The number of hydrogen-bond acceptors (Lipinski definition) is 4. The number of carboxylic acid groups (broad SMARTS) is 1. The molecule has 4 unspecified atom stereocenters. The Balaban J connectivity index is 2.61. The van der Waals surface area contributed by atoms with Crippen LogP contribution in [-0.2, 0) is 14.3 Å². The van der Waals surface area contributed by atoms with Crippen molar-refractivity contribution < 1.29 is 19.4 Å². The molecule has 0 aliphatic carbocycles. The summed E-state index contributed by atoms with van der Waals surface area (Å²) < 4.78 is 5.27. The predicted molar refractivity (Wildman–Crippen MR) is 79.8 cm³/mol. The van der Waals surface area contributed by atoms with Crippen molar-refractivity contribution in [1.29, 1.82) is 0 Å². The first-order valence-corrected chi connectivity index (χ1v) is 7.75. The van der Waals surface area contributed by atoms with Gasteiger partial charge in [-0.05, 0) is 26.7 Å². The maximum Gasteiger partial charge on any atom is 0.311 e. The summed E-state index contributed by atoms with van der Waals surface area (Å²) in [4.78, 5) is 25.5. The molecule has 0 saturated carbocycles. The second-order valence-corrected chi connectivity index (χ2v) is 5.98. The highest BCUT2D eigenvalue weighted by Gasteiger charge is 2.40. The highest BCUT2D eigenvalue weighted by molar-refractivity contribution is 5.80. The van der Waals surface area contributed by atoms with Gasteiger partial charge in [0.25, 0.3) is 0 Å². The van der Waals surface area contributed by atoms with Gasteiger partial charge in [0.05, 0.1) is 19.3 Å². The zero-order valence-electron chi connectivity index (χ0n) is 13.2. The Labute approximate surface area is 126 Å². The minimum atomic E-state index is -0.895. The number of nitrogens with zero attached hydrogens (tertiary/aromatic N) is 1. The molecule has 1 fully saturated rings. The average molecular weight is 300 g/mol. The zero-order valence-corrected chi connectivity index (χ0v) is 13.2. The fourth-order valence-electron chi connectivity index (χ4n) is 2.79. The molecule has 0 aromatic rings. The van der Waals surface area contributed by atoms with Crippen LogP contribution < -0.4 is 5.73 Å². The van der Waals surface area contributed by atoms with Gasteiger partial charge in [-0.1, -0.05) is 13.3 Å². The Morgan fingerprint density at radius 1 is 1.33 bits per heavy atom. The summed E-state index contributed by atoms with van der Waals surface area (Å²) in [5, 5.41) is 9.22. The van der Waals surface area contributed by atoms with Crippen LogP contribution in [0.3, 0.4) is 0 Å². The molecule has 0 bridgehead atoms. The fraction of sp³-hybridized carbons (Fsp3) is 0.867. The molecule has 0 aromatic carbocycles. The monoisotopic (exact) mass is 300 g/mol. The number of aliphatic carboxylic acids is 1. The third-order valence-corrected chi connectivity index (χ3v) is 4.11. The summed E-state index contributed by atoms with van der Waals surface area (Å²) in [5.74, 6) is -1.61. The number of nitrogens with two attached hydrogens (primary N) is 1. The maximum absolute atomic E-state index is 12.6. The van der Waals surface area contributed by atoms with Crippen LogP contribution in [0.25, 0.3) is 0 Å². The molecule has 1 aliphatic heterocycles. The molecule has 1 saturated heterocycles. The van der Waals surface area contributed by atoms with Crippen LogP contribution in [0.1, 0.15) is 40.0 Å². The lowest BCUT2D eigenvalue weighted by Crippen LogP contribution is -2.48. The molecule has 1 amide bonds. The Bertz CT molecular complexity index is 360. The summed E-state index contributed by atoms with van der Waals surface area (Å²) in [6, 6.07) is -0.204. The molecule has 122 valence electrons. The molecule has 0 radical (unpaired) electrons. The van der Waals surface area contributed by atoms with Crippen molar-refractivity contribution in [3.63, 3.8) is 0 Å². The van der Waals surface area contributed by atoms with Crippen molar-refractivity contribution in [3.05, 3.63) is 0 Å².